The standard InChI is InChI=1S/C10H14O/c1-7(11)10(2)6-8-3-4-9(10)5-8/h3-4,8-9H,5-6H2,1-2H3/t8-,9+,10+/m1/s1. The van der Waals surface area contributed by atoms with Crippen molar-refractivity contribution in [2.24, 2.45) is 17.3 Å². The lowest BCUT2D eigenvalue weighted by Crippen LogP contribution is -2.29. The molecule has 0 aromatic carbocycles. The normalized spacial score (nSPS) is 46.7. The molecule has 2 aliphatic rings. The molecular formula is C10H14O. The van der Waals surface area contributed by atoms with E-state index in [-0.39, 0.29) is 5.41 Å². The predicted molar refractivity (Wildman–Crippen MR) is 44.1 cm³/mol. The number of Topliss-reactive ketones (excluding diaryl/α,β-unsaturated/α-hetero) is 1. The van der Waals surface area contributed by atoms with E-state index >= 15 is 0 Å². The summed E-state index contributed by atoms with van der Waals surface area (Å²) in [7, 11) is 0. The zero-order valence-electron chi connectivity index (χ0n) is 7.13. The first kappa shape index (κ1) is 7.08. The Labute approximate surface area is 67.5 Å². The fraction of sp³-hybridized carbons (Fsp3) is 0.700. The van der Waals surface area contributed by atoms with E-state index in [1.165, 1.54) is 6.42 Å². The van der Waals surface area contributed by atoms with E-state index in [1.54, 1.807) is 6.92 Å². The zero-order valence-corrected chi connectivity index (χ0v) is 7.13. The number of hydrogen-bond acceptors (Lipinski definition) is 1. The molecule has 2 bridgehead atoms. The molecule has 1 fully saturated rings. The smallest absolute Gasteiger partial charge is 0.136 e. The molecule has 0 spiro atoms. The van der Waals surface area contributed by atoms with Crippen molar-refractivity contribution in [2.75, 3.05) is 0 Å². The van der Waals surface area contributed by atoms with Crippen molar-refractivity contribution in [2.45, 2.75) is 26.7 Å². The van der Waals surface area contributed by atoms with Crippen LogP contribution in [0, 0.1) is 17.3 Å². The molecule has 0 heterocycles. The van der Waals surface area contributed by atoms with Gasteiger partial charge in [0.05, 0.1) is 0 Å². The van der Waals surface area contributed by atoms with Crippen LogP contribution < -0.4 is 0 Å². The minimum atomic E-state index is -0.0145. The summed E-state index contributed by atoms with van der Waals surface area (Å²) < 4.78 is 0. The van der Waals surface area contributed by atoms with Gasteiger partial charge in [-0.2, -0.15) is 0 Å². The fourth-order valence-electron chi connectivity index (χ4n) is 2.50. The van der Waals surface area contributed by atoms with Crippen LogP contribution in [-0.2, 0) is 4.79 Å². The van der Waals surface area contributed by atoms with Gasteiger partial charge in [0, 0.05) is 5.41 Å². The van der Waals surface area contributed by atoms with Crippen LogP contribution in [0.25, 0.3) is 0 Å². The van der Waals surface area contributed by atoms with E-state index < -0.39 is 0 Å². The molecular weight excluding hydrogens is 136 g/mol. The molecule has 11 heavy (non-hydrogen) atoms. The van der Waals surface area contributed by atoms with Gasteiger partial charge in [0.2, 0.25) is 0 Å². The van der Waals surface area contributed by atoms with Gasteiger partial charge >= 0.3 is 0 Å². The summed E-state index contributed by atoms with van der Waals surface area (Å²) >= 11 is 0. The SMILES string of the molecule is CC(=O)[C@]1(C)C[C@@H]2C=C[C@H]1C2. The molecule has 1 saturated carbocycles. The maximum atomic E-state index is 11.3. The lowest BCUT2D eigenvalue weighted by atomic mass is 9.75. The second kappa shape index (κ2) is 1.96. The van der Waals surface area contributed by atoms with E-state index in [0.29, 0.717) is 17.6 Å². The molecule has 0 aliphatic heterocycles. The van der Waals surface area contributed by atoms with Crippen LogP contribution in [0.1, 0.15) is 26.7 Å². The highest BCUT2D eigenvalue weighted by Crippen LogP contribution is 2.52. The molecule has 0 amide bonds. The van der Waals surface area contributed by atoms with Crippen LogP contribution in [0.5, 0.6) is 0 Å². The fourth-order valence-corrected chi connectivity index (χ4v) is 2.50. The Hall–Kier alpha value is -0.590. The first-order valence-electron chi connectivity index (χ1n) is 4.32. The van der Waals surface area contributed by atoms with Gasteiger partial charge in [0.1, 0.15) is 5.78 Å². The maximum absolute atomic E-state index is 11.3. The van der Waals surface area contributed by atoms with Crippen molar-refractivity contribution < 1.29 is 4.79 Å². The Morgan fingerprint density at radius 1 is 1.55 bits per heavy atom. The van der Waals surface area contributed by atoms with Gasteiger partial charge in [0.15, 0.2) is 0 Å². The lowest BCUT2D eigenvalue weighted by Gasteiger charge is -2.27. The molecule has 1 heteroatoms. The third-order valence-electron chi connectivity index (χ3n) is 3.48. The average molecular weight is 150 g/mol. The molecule has 0 aromatic rings. The summed E-state index contributed by atoms with van der Waals surface area (Å²) in [6, 6.07) is 0. The Morgan fingerprint density at radius 3 is 2.55 bits per heavy atom. The van der Waals surface area contributed by atoms with Crippen LogP contribution in [0.4, 0.5) is 0 Å². The van der Waals surface area contributed by atoms with E-state index in [1.807, 2.05) is 0 Å². The summed E-state index contributed by atoms with van der Waals surface area (Å²) in [4.78, 5) is 11.3. The number of rotatable bonds is 1. The van der Waals surface area contributed by atoms with Gasteiger partial charge in [-0.05, 0) is 31.6 Å². The van der Waals surface area contributed by atoms with Crippen molar-refractivity contribution in [1.82, 2.24) is 0 Å². The molecule has 60 valence electrons. The molecule has 0 aromatic heterocycles. The van der Waals surface area contributed by atoms with Crippen molar-refractivity contribution in [3.8, 4) is 0 Å². The number of carbonyl (C=O) groups is 1. The van der Waals surface area contributed by atoms with Crippen molar-refractivity contribution in [3.63, 3.8) is 0 Å². The number of allylic oxidation sites excluding steroid dienone is 2. The molecule has 1 nitrogen and oxygen atoms in total. The topological polar surface area (TPSA) is 17.1 Å². The number of fused-ring (bicyclic) bond motifs is 2. The molecule has 0 saturated heterocycles. The summed E-state index contributed by atoms with van der Waals surface area (Å²) in [6.45, 7) is 3.85. The summed E-state index contributed by atoms with van der Waals surface area (Å²) in [5.74, 6) is 1.62. The van der Waals surface area contributed by atoms with Gasteiger partial charge in [-0.1, -0.05) is 19.1 Å². The third-order valence-corrected chi connectivity index (χ3v) is 3.48. The van der Waals surface area contributed by atoms with E-state index in [2.05, 4.69) is 19.1 Å². The highest BCUT2D eigenvalue weighted by Gasteiger charge is 2.47. The molecule has 0 unspecified atom stereocenters. The number of ketones is 1. The van der Waals surface area contributed by atoms with Crippen molar-refractivity contribution in [1.29, 1.82) is 0 Å². The first-order chi connectivity index (χ1) is 5.13. The average Bonchev–Trinajstić information content (AvgIpc) is 2.45. The van der Waals surface area contributed by atoms with Crippen LogP contribution in [0.15, 0.2) is 12.2 Å². The minimum absolute atomic E-state index is 0.0145. The number of carbonyl (C=O) groups excluding carboxylic acids is 1. The van der Waals surface area contributed by atoms with Crippen molar-refractivity contribution >= 4 is 5.78 Å². The first-order valence-corrected chi connectivity index (χ1v) is 4.32. The number of hydrogen-bond donors (Lipinski definition) is 0. The molecule has 2 aliphatic carbocycles. The minimum Gasteiger partial charge on any atom is -0.299 e. The molecule has 0 radical (unpaired) electrons. The Bertz CT molecular complexity index is 229. The lowest BCUT2D eigenvalue weighted by molar-refractivity contribution is -0.126. The van der Waals surface area contributed by atoms with Gasteiger partial charge in [0.25, 0.3) is 0 Å². The van der Waals surface area contributed by atoms with E-state index in [9.17, 15) is 4.79 Å². The molecule has 2 rings (SSSR count). The Kier molecular flexibility index (Phi) is 1.26. The summed E-state index contributed by atoms with van der Waals surface area (Å²) in [5, 5.41) is 0. The molecule has 0 N–H and O–H groups in total. The van der Waals surface area contributed by atoms with Crippen LogP contribution in [0.3, 0.4) is 0 Å². The second-order valence-corrected chi connectivity index (χ2v) is 4.16. The van der Waals surface area contributed by atoms with Gasteiger partial charge in [-0.15, -0.1) is 0 Å². The van der Waals surface area contributed by atoms with E-state index in [4.69, 9.17) is 0 Å². The molecule has 3 atom stereocenters. The predicted octanol–water partition coefficient (Wildman–Crippen LogP) is 2.18. The Balaban J connectivity index is 2.30. The van der Waals surface area contributed by atoms with Crippen LogP contribution in [0.2, 0.25) is 0 Å². The van der Waals surface area contributed by atoms with Crippen LogP contribution in [-0.4, -0.2) is 5.78 Å². The highest BCUT2D eigenvalue weighted by molar-refractivity contribution is 5.83. The van der Waals surface area contributed by atoms with E-state index in [0.717, 1.165) is 6.42 Å². The quantitative estimate of drug-likeness (QED) is 0.523. The van der Waals surface area contributed by atoms with Crippen molar-refractivity contribution in [3.05, 3.63) is 12.2 Å². The third kappa shape index (κ3) is 0.800. The maximum Gasteiger partial charge on any atom is 0.136 e. The highest BCUT2D eigenvalue weighted by atomic mass is 16.1. The summed E-state index contributed by atoms with van der Waals surface area (Å²) in [6.07, 6.45) is 6.81. The Morgan fingerprint density at radius 2 is 2.27 bits per heavy atom. The summed E-state index contributed by atoms with van der Waals surface area (Å²) in [5.41, 5.74) is -0.0145. The van der Waals surface area contributed by atoms with Gasteiger partial charge in [-0.3, -0.25) is 4.79 Å². The zero-order chi connectivity index (χ0) is 8.06. The van der Waals surface area contributed by atoms with Gasteiger partial charge in [-0.25, -0.2) is 0 Å². The largest absolute Gasteiger partial charge is 0.299 e. The van der Waals surface area contributed by atoms with Gasteiger partial charge < -0.3 is 0 Å². The second-order valence-electron chi connectivity index (χ2n) is 4.16. The van der Waals surface area contributed by atoms with Crippen LogP contribution >= 0.6 is 0 Å². The monoisotopic (exact) mass is 150 g/mol.